The molecule has 0 bridgehead atoms. The molecular weight excluding hydrogens is 280 g/mol. The number of methoxy groups -OCH3 is 1. The molecule has 1 saturated heterocycles. The predicted molar refractivity (Wildman–Crippen MR) is 85.1 cm³/mol. The molecule has 1 amide bonds. The molecule has 0 aliphatic carbocycles. The Kier molecular flexibility index (Phi) is 4.07. The van der Waals surface area contributed by atoms with Crippen LogP contribution < -0.4 is 15.4 Å². The van der Waals surface area contributed by atoms with E-state index in [4.69, 9.17) is 9.15 Å². The quantitative estimate of drug-likeness (QED) is 0.911. The second kappa shape index (κ2) is 6.01. The predicted octanol–water partition coefficient (Wildman–Crippen LogP) is 2.68. The Hall–Kier alpha value is -2.01. The van der Waals surface area contributed by atoms with Gasteiger partial charge in [-0.15, -0.1) is 0 Å². The van der Waals surface area contributed by atoms with Crippen LogP contribution in [0.4, 0.5) is 0 Å². The largest absolute Gasteiger partial charge is 0.497 e. The smallest absolute Gasteiger partial charge is 0.237 e. The fraction of sp³-hybridized carbons (Fsp3) is 0.471. The van der Waals surface area contributed by atoms with E-state index in [1.54, 1.807) is 7.11 Å². The zero-order valence-corrected chi connectivity index (χ0v) is 13.2. The summed E-state index contributed by atoms with van der Waals surface area (Å²) < 4.78 is 11.2. The lowest BCUT2D eigenvalue weighted by atomic mass is 10.1. The van der Waals surface area contributed by atoms with Crippen LogP contribution >= 0.6 is 0 Å². The molecular formula is C17H22N2O3. The number of rotatable bonds is 4. The van der Waals surface area contributed by atoms with Crippen molar-refractivity contribution < 1.29 is 13.9 Å². The summed E-state index contributed by atoms with van der Waals surface area (Å²) in [7, 11) is 1.65. The SMILES string of the molecule is COc1ccc2oc(C(C)NC(=O)C3CCCN3)c(C)c2c1. The van der Waals surface area contributed by atoms with Gasteiger partial charge < -0.3 is 19.8 Å². The van der Waals surface area contributed by atoms with Crippen LogP contribution in [0.2, 0.25) is 0 Å². The number of carbonyl (C=O) groups excluding carboxylic acids is 1. The minimum atomic E-state index is -0.159. The zero-order valence-electron chi connectivity index (χ0n) is 13.2. The number of amides is 1. The first-order chi connectivity index (χ1) is 10.6. The summed E-state index contributed by atoms with van der Waals surface area (Å²) in [6, 6.07) is 5.50. The van der Waals surface area contributed by atoms with E-state index >= 15 is 0 Å². The van der Waals surface area contributed by atoms with Crippen molar-refractivity contribution in [2.24, 2.45) is 0 Å². The molecule has 1 aliphatic heterocycles. The highest BCUT2D eigenvalue weighted by Crippen LogP contribution is 2.32. The molecule has 1 fully saturated rings. The lowest BCUT2D eigenvalue weighted by Gasteiger charge is -2.16. The zero-order chi connectivity index (χ0) is 15.7. The van der Waals surface area contributed by atoms with E-state index < -0.39 is 0 Å². The summed E-state index contributed by atoms with van der Waals surface area (Å²) in [5.41, 5.74) is 1.86. The molecule has 2 heterocycles. The van der Waals surface area contributed by atoms with Gasteiger partial charge in [0.15, 0.2) is 0 Å². The van der Waals surface area contributed by atoms with Gasteiger partial charge in [0.05, 0.1) is 19.2 Å². The van der Waals surface area contributed by atoms with E-state index in [0.717, 1.165) is 47.4 Å². The molecule has 2 N–H and O–H groups in total. The monoisotopic (exact) mass is 302 g/mol. The number of benzene rings is 1. The number of ether oxygens (including phenoxy) is 1. The van der Waals surface area contributed by atoms with Crippen molar-refractivity contribution in [3.63, 3.8) is 0 Å². The minimum absolute atomic E-state index is 0.0439. The summed E-state index contributed by atoms with van der Waals surface area (Å²) >= 11 is 0. The average Bonchev–Trinajstić information content (AvgIpc) is 3.15. The van der Waals surface area contributed by atoms with Crippen LogP contribution in [0.5, 0.6) is 5.75 Å². The van der Waals surface area contributed by atoms with E-state index in [1.807, 2.05) is 32.0 Å². The van der Waals surface area contributed by atoms with Crippen LogP contribution in [-0.4, -0.2) is 25.6 Å². The third kappa shape index (κ3) is 2.68. The Labute approximate surface area is 130 Å². The normalized spacial score (nSPS) is 19.3. The average molecular weight is 302 g/mol. The molecule has 0 spiro atoms. The molecule has 1 aliphatic rings. The maximum absolute atomic E-state index is 12.2. The maximum atomic E-state index is 12.2. The third-order valence-corrected chi connectivity index (χ3v) is 4.31. The minimum Gasteiger partial charge on any atom is -0.497 e. The summed E-state index contributed by atoms with van der Waals surface area (Å²) in [6.45, 7) is 4.88. The second-order valence-corrected chi connectivity index (χ2v) is 5.83. The number of hydrogen-bond acceptors (Lipinski definition) is 4. The van der Waals surface area contributed by atoms with Crippen LogP contribution in [0.25, 0.3) is 11.0 Å². The molecule has 1 aromatic carbocycles. The van der Waals surface area contributed by atoms with Gasteiger partial charge >= 0.3 is 0 Å². The fourth-order valence-electron chi connectivity index (χ4n) is 3.05. The summed E-state index contributed by atoms with van der Waals surface area (Å²) in [5, 5.41) is 7.27. The van der Waals surface area contributed by atoms with E-state index in [0.29, 0.717) is 0 Å². The molecule has 118 valence electrons. The number of carbonyl (C=O) groups is 1. The Morgan fingerprint density at radius 1 is 1.50 bits per heavy atom. The van der Waals surface area contributed by atoms with Gasteiger partial charge in [-0.3, -0.25) is 4.79 Å². The fourth-order valence-corrected chi connectivity index (χ4v) is 3.05. The topological polar surface area (TPSA) is 63.5 Å². The van der Waals surface area contributed by atoms with Crippen molar-refractivity contribution >= 4 is 16.9 Å². The molecule has 3 rings (SSSR count). The number of hydrogen-bond donors (Lipinski definition) is 2. The highest BCUT2D eigenvalue weighted by atomic mass is 16.5. The van der Waals surface area contributed by atoms with Crippen LogP contribution in [0.3, 0.4) is 0 Å². The summed E-state index contributed by atoms with van der Waals surface area (Å²) in [5.74, 6) is 1.65. The van der Waals surface area contributed by atoms with Gasteiger partial charge in [0.25, 0.3) is 0 Å². The maximum Gasteiger partial charge on any atom is 0.237 e. The van der Waals surface area contributed by atoms with E-state index in [9.17, 15) is 4.79 Å². The Morgan fingerprint density at radius 3 is 3.00 bits per heavy atom. The summed E-state index contributed by atoms with van der Waals surface area (Å²) in [6.07, 6.45) is 1.95. The first kappa shape index (κ1) is 14.9. The number of furan rings is 1. The van der Waals surface area contributed by atoms with Gasteiger partial charge in [0.2, 0.25) is 5.91 Å². The molecule has 2 aromatic rings. The van der Waals surface area contributed by atoms with Crippen LogP contribution in [0.15, 0.2) is 22.6 Å². The molecule has 1 aromatic heterocycles. The molecule has 22 heavy (non-hydrogen) atoms. The highest BCUT2D eigenvalue weighted by molar-refractivity contribution is 5.85. The van der Waals surface area contributed by atoms with Gasteiger partial charge in [0, 0.05) is 10.9 Å². The molecule has 5 heteroatoms. The van der Waals surface area contributed by atoms with Crippen LogP contribution in [0.1, 0.15) is 37.1 Å². The first-order valence-corrected chi connectivity index (χ1v) is 7.71. The molecule has 2 unspecified atom stereocenters. The van der Waals surface area contributed by atoms with Crippen molar-refractivity contribution in [1.82, 2.24) is 10.6 Å². The van der Waals surface area contributed by atoms with Crippen LogP contribution in [-0.2, 0) is 4.79 Å². The Morgan fingerprint density at radius 2 is 2.32 bits per heavy atom. The number of aryl methyl sites for hydroxylation is 1. The van der Waals surface area contributed by atoms with Gasteiger partial charge in [0.1, 0.15) is 17.1 Å². The van der Waals surface area contributed by atoms with E-state index in [-0.39, 0.29) is 18.0 Å². The van der Waals surface area contributed by atoms with Crippen molar-refractivity contribution in [1.29, 1.82) is 0 Å². The third-order valence-electron chi connectivity index (χ3n) is 4.31. The van der Waals surface area contributed by atoms with Crippen molar-refractivity contribution in [2.45, 2.75) is 38.8 Å². The second-order valence-electron chi connectivity index (χ2n) is 5.83. The van der Waals surface area contributed by atoms with Gasteiger partial charge in [-0.25, -0.2) is 0 Å². The standard InChI is InChI=1S/C17H22N2O3/c1-10-13-9-12(21-3)6-7-15(13)22-16(10)11(2)19-17(20)14-5-4-8-18-14/h6-7,9,11,14,18H,4-5,8H2,1-3H3,(H,19,20). The molecule has 2 atom stereocenters. The lowest BCUT2D eigenvalue weighted by molar-refractivity contribution is -0.123. The Balaban J connectivity index is 1.82. The van der Waals surface area contributed by atoms with E-state index in [1.165, 1.54) is 0 Å². The van der Waals surface area contributed by atoms with Crippen LogP contribution in [0, 0.1) is 6.92 Å². The summed E-state index contributed by atoms with van der Waals surface area (Å²) in [4.78, 5) is 12.2. The van der Waals surface area contributed by atoms with Gasteiger partial charge in [-0.1, -0.05) is 0 Å². The van der Waals surface area contributed by atoms with E-state index in [2.05, 4.69) is 10.6 Å². The molecule has 0 radical (unpaired) electrons. The molecule has 0 saturated carbocycles. The number of fused-ring (bicyclic) bond motifs is 1. The number of nitrogens with one attached hydrogen (secondary N) is 2. The first-order valence-electron chi connectivity index (χ1n) is 7.71. The van der Waals surface area contributed by atoms with Crippen molar-refractivity contribution in [3.05, 3.63) is 29.5 Å². The highest BCUT2D eigenvalue weighted by Gasteiger charge is 2.25. The van der Waals surface area contributed by atoms with Crippen molar-refractivity contribution in [3.8, 4) is 5.75 Å². The van der Waals surface area contributed by atoms with Gasteiger partial charge in [-0.05, 0) is 51.4 Å². The molecule has 5 nitrogen and oxygen atoms in total. The van der Waals surface area contributed by atoms with Crippen molar-refractivity contribution in [2.75, 3.05) is 13.7 Å². The van der Waals surface area contributed by atoms with Gasteiger partial charge in [-0.2, -0.15) is 0 Å². The Bertz CT molecular complexity index is 687. The lowest BCUT2D eigenvalue weighted by Crippen LogP contribution is -2.41.